The van der Waals surface area contributed by atoms with Crippen LogP contribution < -0.4 is 11.1 Å². The van der Waals surface area contributed by atoms with Crippen molar-refractivity contribution in [3.8, 4) is 11.8 Å². The molecule has 1 rings (SSSR count). The number of carbonyl (C=O) groups is 1. The lowest BCUT2D eigenvalue weighted by Crippen LogP contribution is -2.35. The van der Waals surface area contributed by atoms with Crippen LogP contribution in [0.4, 0.5) is 0 Å². The van der Waals surface area contributed by atoms with Gasteiger partial charge in [-0.05, 0) is 39.4 Å². The number of nitrogens with two attached hydrogens (primary N) is 1. The average Bonchev–Trinajstić information content (AvgIpc) is 2.77. The fourth-order valence-corrected chi connectivity index (χ4v) is 2.50. The van der Waals surface area contributed by atoms with Gasteiger partial charge in [0.15, 0.2) is 0 Å². The molecule has 1 amide bonds. The molecule has 0 aliphatic rings. The van der Waals surface area contributed by atoms with Crippen LogP contribution in [-0.4, -0.2) is 43.5 Å². The Balaban J connectivity index is 2.56. The molecule has 0 unspecified atom stereocenters. The molecule has 110 valence electrons. The second-order valence-corrected chi connectivity index (χ2v) is 6.01. The number of likely N-dealkylation sites (N-methyl/N-ethyl adjacent to an activating group) is 1. The monoisotopic (exact) mass is 293 g/mol. The van der Waals surface area contributed by atoms with Crippen molar-refractivity contribution in [3.63, 3.8) is 0 Å². The van der Waals surface area contributed by atoms with E-state index >= 15 is 0 Å². The first-order valence-electron chi connectivity index (χ1n) is 6.73. The number of hydrogen-bond acceptors (Lipinski definition) is 4. The molecule has 0 aliphatic carbocycles. The predicted molar refractivity (Wildman–Crippen MR) is 85.1 cm³/mol. The Morgan fingerprint density at radius 2 is 2.25 bits per heavy atom. The Kier molecular flexibility index (Phi) is 6.73. The normalized spacial score (nSPS) is 10.6. The summed E-state index contributed by atoms with van der Waals surface area (Å²) < 4.78 is 0. The zero-order chi connectivity index (χ0) is 15.1. The van der Waals surface area contributed by atoms with Crippen LogP contribution in [0.5, 0.6) is 0 Å². The molecule has 4 nitrogen and oxygen atoms in total. The highest BCUT2D eigenvalue weighted by Gasteiger charge is 2.11. The van der Waals surface area contributed by atoms with Gasteiger partial charge in [0.2, 0.25) is 0 Å². The van der Waals surface area contributed by atoms with E-state index in [9.17, 15) is 4.79 Å². The molecule has 20 heavy (non-hydrogen) atoms. The van der Waals surface area contributed by atoms with Crippen molar-refractivity contribution >= 4 is 17.2 Å². The maximum Gasteiger partial charge on any atom is 0.261 e. The highest BCUT2D eigenvalue weighted by atomic mass is 32.1. The third-order valence-corrected chi connectivity index (χ3v) is 4.23. The van der Waals surface area contributed by atoms with Crippen LogP contribution in [-0.2, 0) is 0 Å². The van der Waals surface area contributed by atoms with Crippen LogP contribution in [0, 0.1) is 18.8 Å². The lowest BCUT2D eigenvalue weighted by atomic mass is 10.2. The van der Waals surface area contributed by atoms with Crippen LogP contribution in [0.1, 0.15) is 34.0 Å². The molecule has 1 heterocycles. The summed E-state index contributed by atoms with van der Waals surface area (Å²) in [5, 5.41) is 2.94. The van der Waals surface area contributed by atoms with E-state index in [1.165, 1.54) is 11.3 Å². The van der Waals surface area contributed by atoms with Gasteiger partial charge >= 0.3 is 0 Å². The molecule has 0 spiro atoms. The number of nitrogens with zero attached hydrogens (tertiary/aromatic N) is 1. The van der Waals surface area contributed by atoms with Crippen LogP contribution in [0.3, 0.4) is 0 Å². The Morgan fingerprint density at radius 1 is 1.55 bits per heavy atom. The van der Waals surface area contributed by atoms with Crippen molar-refractivity contribution < 1.29 is 4.79 Å². The van der Waals surface area contributed by atoms with Crippen molar-refractivity contribution in [1.82, 2.24) is 10.2 Å². The minimum Gasteiger partial charge on any atom is -0.350 e. The first-order valence-corrected chi connectivity index (χ1v) is 7.55. The first kappa shape index (κ1) is 16.7. The highest BCUT2D eigenvalue weighted by Crippen LogP contribution is 2.20. The van der Waals surface area contributed by atoms with Gasteiger partial charge in [0.1, 0.15) is 0 Å². The van der Waals surface area contributed by atoms with Crippen molar-refractivity contribution in [2.45, 2.75) is 26.8 Å². The summed E-state index contributed by atoms with van der Waals surface area (Å²) in [6.45, 7) is 8.04. The quantitative estimate of drug-likeness (QED) is 0.808. The van der Waals surface area contributed by atoms with Gasteiger partial charge in [-0.3, -0.25) is 4.79 Å². The van der Waals surface area contributed by atoms with Gasteiger partial charge in [-0.15, -0.1) is 11.3 Å². The van der Waals surface area contributed by atoms with E-state index < -0.39 is 0 Å². The topological polar surface area (TPSA) is 58.4 Å². The molecular formula is C15H23N3OS. The number of hydrogen-bond donors (Lipinski definition) is 2. The van der Waals surface area contributed by atoms with Gasteiger partial charge < -0.3 is 16.0 Å². The minimum atomic E-state index is -0.0314. The molecule has 0 fully saturated rings. The molecule has 0 atom stereocenters. The Hall–Kier alpha value is -1.35. The van der Waals surface area contributed by atoms with E-state index in [0.29, 0.717) is 24.0 Å². The van der Waals surface area contributed by atoms with Crippen LogP contribution in [0.15, 0.2) is 6.07 Å². The van der Waals surface area contributed by atoms with E-state index in [0.717, 1.165) is 17.0 Å². The Morgan fingerprint density at radius 3 is 2.85 bits per heavy atom. The molecule has 3 N–H and O–H groups in total. The Bertz CT molecular complexity index is 511. The summed E-state index contributed by atoms with van der Waals surface area (Å²) in [6.07, 6.45) is 0. The van der Waals surface area contributed by atoms with Gasteiger partial charge in [0.25, 0.3) is 5.91 Å². The minimum absolute atomic E-state index is 0.0314. The zero-order valence-corrected chi connectivity index (χ0v) is 13.4. The zero-order valence-electron chi connectivity index (χ0n) is 12.6. The number of thiophene rings is 1. The van der Waals surface area contributed by atoms with Gasteiger partial charge in [0.05, 0.1) is 16.3 Å². The standard InChI is InChI=1S/C15H23N3OS/c1-11(2)18(4)9-8-17-15(19)14-10-12(3)13(20-14)6-5-7-16/h10-11H,7-9,16H2,1-4H3,(H,17,19). The van der Waals surface area contributed by atoms with E-state index in [2.05, 4.69) is 35.9 Å². The van der Waals surface area contributed by atoms with Crippen LogP contribution >= 0.6 is 11.3 Å². The Labute approximate surface area is 125 Å². The van der Waals surface area contributed by atoms with E-state index in [-0.39, 0.29) is 5.91 Å². The predicted octanol–water partition coefficient (Wildman–Crippen LogP) is 1.44. The highest BCUT2D eigenvalue weighted by molar-refractivity contribution is 7.14. The van der Waals surface area contributed by atoms with Crippen molar-refractivity contribution in [1.29, 1.82) is 0 Å². The molecule has 0 bridgehead atoms. The van der Waals surface area contributed by atoms with E-state index in [4.69, 9.17) is 5.73 Å². The van der Waals surface area contributed by atoms with Gasteiger partial charge in [-0.25, -0.2) is 0 Å². The van der Waals surface area contributed by atoms with Crippen molar-refractivity contribution in [2.75, 3.05) is 26.7 Å². The largest absolute Gasteiger partial charge is 0.350 e. The summed E-state index contributed by atoms with van der Waals surface area (Å²) in [5.41, 5.74) is 6.39. The first-order chi connectivity index (χ1) is 9.45. The molecule has 5 heteroatoms. The fourth-order valence-electron chi connectivity index (χ4n) is 1.54. The van der Waals surface area contributed by atoms with Gasteiger partial charge in [0, 0.05) is 19.1 Å². The maximum absolute atomic E-state index is 12.0. The number of amides is 1. The summed E-state index contributed by atoms with van der Waals surface area (Å²) in [6, 6.07) is 2.36. The van der Waals surface area contributed by atoms with Crippen LogP contribution in [0.2, 0.25) is 0 Å². The van der Waals surface area contributed by atoms with E-state index in [1.807, 2.05) is 20.0 Å². The average molecular weight is 293 g/mol. The molecule has 1 aromatic rings. The molecule has 0 saturated carbocycles. The lowest BCUT2D eigenvalue weighted by Gasteiger charge is -2.20. The molecular weight excluding hydrogens is 270 g/mol. The van der Waals surface area contributed by atoms with Crippen molar-refractivity contribution in [3.05, 3.63) is 21.4 Å². The smallest absolute Gasteiger partial charge is 0.261 e. The number of aryl methyl sites for hydroxylation is 1. The number of rotatable bonds is 5. The second kappa shape index (κ2) is 8.05. The van der Waals surface area contributed by atoms with E-state index in [1.54, 1.807) is 0 Å². The molecule has 0 radical (unpaired) electrons. The van der Waals surface area contributed by atoms with Gasteiger partial charge in [-0.1, -0.05) is 11.8 Å². The summed E-state index contributed by atoms with van der Waals surface area (Å²) in [5.74, 6) is 5.78. The van der Waals surface area contributed by atoms with Crippen molar-refractivity contribution in [2.24, 2.45) is 5.73 Å². The van der Waals surface area contributed by atoms with Gasteiger partial charge in [-0.2, -0.15) is 0 Å². The SMILES string of the molecule is Cc1cc(C(=O)NCCN(C)C(C)C)sc1C#CCN. The summed E-state index contributed by atoms with van der Waals surface area (Å²) >= 11 is 1.42. The summed E-state index contributed by atoms with van der Waals surface area (Å²) in [7, 11) is 2.05. The molecule has 0 aromatic carbocycles. The lowest BCUT2D eigenvalue weighted by molar-refractivity contribution is 0.0952. The van der Waals surface area contributed by atoms with Crippen LogP contribution in [0.25, 0.3) is 0 Å². The summed E-state index contributed by atoms with van der Waals surface area (Å²) in [4.78, 5) is 15.9. The molecule has 0 aliphatic heterocycles. The maximum atomic E-state index is 12.0. The molecule has 1 aromatic heterocycles. The second-order valence-electron chi connectivity index (χ2n) is 4.96. The number of nitrogens with one attached hydrogen (secondary N) is 1. The number of carbonyl (C=O) groups excluding carboxylic acids is 1. The molecule has 0 saturated heterocycles. The third-order valence-electron chi connectivity index (χ3n) is 3.08. The fraction of sp³-hybridized carbons (Fsp3) is 0.533. The third kappa shape index (κ3) is 4.97.